The number of nitrogens with two attached hydrogens (primary N) is 1. The number of hydrogen-bond donors (Lipinski definition) is 2. The van der Waals surface area contributed by atoms with E-state index in [9.17, 15) is 18.0 Å². The van der Waals surface area contributed by atoms with Crippen molar-refractivity contribution in [3.05, 3.63) is 27.8 Å². The number of nitrogens with one attached hydrogen (secondary N) is 1. The second-order valence-electron chi connectivity index (χ2n) is 6.78. The Labute approximate surface area is 171 Å². The molecule has 2 aliphatic rings. The molecule has 1 saturated heterocycles. The smallest absolute Gasteiger partial charge is 0.379 e. The fourth-order valence-corrected chi connectivity index (χ4v) is 5.43. The first-order valence-electron chi connectivity index (χ1n) is 8.63. The number of thioether (sulfide) groups is 1. The van der Waals surface area contributed by atoms with Crippen molar-refractivity contribution in [1.82, 2.24) is 14.8 Å². The SMILES string of the molecule is Cn1cc(C(=O)Nc2csc([C@]34COCC[C@H]3CSC(N)=N4)n2)c(C(F)(F)F)n1. The molecule has 0 radical (unpaired) electrons. The molecule has 0 saturated carbocycles. The number of carbonyl (C=O) groups is 1. The van der Waals surface area contributed by atoms with E-state index < -0.39 is 28.9 Å². The number of aryl methyl sites for hydroxylation is 1. The summed E-state index contributed by atoms with van der Waals surface area (Å²) in [6.45, 7) is 0.944. The lowest BCUT2D eigenvalue weighted by Gasteiger charge is -2.41. The molecule has 0 unspecified atom stereocenters. The quantitative estimate of drug-likeness (QED) is 0.750. The number of aliphatic imine (C=N–C) groups is 1. The number of ether oxygens (including phenoxy) is 1. The van der Waals surface area contributed by atoms with Crippen LogP contribution in [0.3, 0.4) is 0 Å². The Kier molecular flexibility index (Phi) is 5.07. The molecule has 13 heteroatoms. The average molecular weight is 446 g/mol. The van der Waals surface area contributed by atoms with E-state index in [4.69, 9.17) is 10.5 Å². The minimum absolute atomic E-state index is 0.151. The van der Waals surface area contributed by atoms with Crippen LogP contribution in [-0.4, -0.2) is 44.8 Å². The molecule has 2 atom stereocenters. The summed E-state index contributed by atoms with van der Waals surface area (Å²) in [5.74, 6) is 0.180. The summed E-state index contributed by atoms with van der Waals surface area (Å²) in [4.78, 5) is 21.5. The summed E-state index contributed by atoms with van der Waals surface area (Å²) in [7, 11) is 1.32. The van der Waals surface area contributed by atoms with Crippen molar-refractivity contribution in [3.63, 3.8) is 0 Å². The van der Waals surface area contributed by atoms with Crippen LogP contribution in [0.4, 0.5) is 19.0 Å². The summed E-state index contributed by atoms with van der Waals surface area (Å²) >= 11 is 2.75. The first-order chi connectivity index (χ1) is 13.7. The maximum Gasteiger partial charge on any atom is 0.435 e. The third-order valence-electron chi connectivity index (χ3n) is 4.81. The summed E-state index contributed by atoms with van der Waals surface area (Å²) < 4.78 is 45.9. The number of fused-ring (bicyclic) bond motifs is 1. The van der Waals surface area contributed by atoms with Crippen molar-refractivity contribution in [2.24, 2.45) is 23.7 Å². The predicted molar refractivity (Wildman–Crippen MR) is 103 cm³/mol. The third-order valence-corrected chi connectivity index (χ3v) is 6.77. The molecule has 156 valence electrons. The van der Waals surface area contributed by atoms with Gasteiger partial charge < -0.3 is 15.8 Å². The van der Waals surface area contributed by atoms with Crippen molar-refractivity contribution in [3.8, 4) is 0 Å². The van der Waals surface area contributed by atoms with Crippen molar-refractivity contribution >= 4 is 40.0 Å². The summed E-state index contributed by atoms with van der Waals surface area (Å²) in [5, 5.41) is 8.41. The predicted octanol–water partition coefficient (Wildman–Crippen LogP) is 2.44. The summed E-state index contributed by atoms with van der Waals surface area (Å²) in [6, 6.07) is 0. The highest BCUT2D eigenvalue weighted by Crippen LogP contribution is 2.45. The van der Waals surface area contributed by atoms with Gasteiger partial charge in [0.15, 0.2) is 10.9 Å². The Morgan fingerprint density at radius 2 is 2.28 bits per heavy atom. The van der Waals surface area contributed by atoms with Crippen LogP contribution < -0.4 is 11.1 Å². The molecular weight excluding hydrogens is 429 g/mol. The lowest BCUT2D eigenvalue weighted by Crippen LogP contribution is -2.47. The molecule has 0 aliphatic carbocycles. The van der Waals surface area contributed by atoms with Crippen molar-refractivity contribution in [1.29, 1.82) is 0 Å². The minimum atomic E-state index is -4.74. The highest BCUT2D eigenvalue weighted by atomic mass is 32.2. The molecular formula is C16H17F3N6O2S2. The van der Waals surface area contributed by atoms with Crippen molar-refractivity contribution < 1.29 is 22.7 Å². The molecule has 2 aromatic heterocycles. The first-order valence-corrected chi connectivity index (χ1v) is 10.5. The number of carbonyl (C=O) groups excluding carboxylic acids is 1. The van der Waals surface area contributed by atoms with Crippen LogP contribution in [0.25, 0.3) is 0 Å². The zero-order chi connectivity index (χ0) is 20.8. The Morgan fingerprint density at radius 1 is 1.48 bits per heavy atom. The van der Waals surface area contributed by atoms with Gasteiger partial charge in [-0.05, 0) is 6.42 Å². The average Bonchev–Trinajstić information content (AvgIpc) is 3.28. The maximum absolute atomic E-state index is 13.1. The van der Waals surface area contributed by atoms with Gasteiger partial charge in [-0.2, -0.15) is 18.3 Å². The molecule has 2 aromatic rings. The number of alkyl halides is 3. The number of halogens is 3. The third kappa shape index (κ3) is 3.73. The van der Waals surface area contributed by atoms with E-state index in [1.54, 1.807) is 5.38 Å². The van der Waals surface area contributed by atoms with Gasteiger partial charge in [-0.1, -0.05) is 11.8 Å². The van der Waals surface area contributed by atoms with E-state index in [1.807, 2.05) is 0 Å². The molecule has 3 N–H and O–H groups in total. The molecule has 29 heavy (non-hydrogen) atoms. The van der Waals surface area contributed by atoms with Gasteiger partial charge >= 0.3 is 6.18 Å². The van der Waals surface area contributed by atoms with Gasteiger partial charge in [-0.25, -0.2) is 9.98 Å². The zero-order valence-corrected chi connectivity index (χ0v) is 16.8. The number of anilines is 1. The van der Waals surface area contributed by atoms with E-state index in [2.05, 4.69) is 20.4 Å². The lowest BCUT2D eigenvalue weighted by molar-refractivity contribution is -0.141. The van der Waals surface area contributed by atoms with Gasteiger partial charge in [-0.15, -0.1) is 11.3 Å². The topological polar surface area (TPSA) is 107 Å². The largest absolute Gasteiger partial charge is 0.435 e. The van der Waals surface area contributed by atoms with E-state index in [-0.39, 0.29) is 11.7 Å². The maximum atomic E-state index is 13.1. The molecule has 0 bridgehead atoms. The van der Waals surface area contributed by atoms with Crippen molar-refractivity contribution in [2.45, 2.75) is 18.1 Å². The number of rotatable bonds is 3. The van der Waals surface area contributed by atoms with Gasteiger partial charge in [0.2, 0.25) is 0 Å². The standard InChI is InChI=1S/C16H17F3N6O2S2/c1-25-4-9(11(24-25)16(17,18)19)12(26)21-10-6-28-13(22-10)15-7-27-3-2-8(15)5-29-14(20)23-15/h4,6,8H,2-3,5,7H2,1H3,(H2,20,23)(H,21,26)/t8-,15-/m0/s1. The molecule has 1 fully saturated rings. The number of thiazole rings is 1. The van der Waals surface area contributed by atoms with E-state index in [0.29, 0.717) is 23.4 Å². The molecule has 4 rings (SSSR count). The second kappa shape index (κ2) is 7.29. The van der Waals surface area contributed by atoms with Crippen LogP contribution in [-0.2, 0) is 23.5 Å². The van der Waals surface area contributed by atoms with Crippen LogP contribution in [0.2, 0.25) is 0 Å². The van der Waals surface area contributed by atoms with Crippen LogP contribution in [0, 0.1) is 5.92 Å². The fraction of sp³-hybridized carbons (Fsp3) is 0.500. The van der Waals surface area contributed by atoms with E-state index >= 15 is 0 Å². The van der Waals surface area contributed by atoms with Crippen LogP contribution >= 0.6 is 23.1 Å². The molecule has 2 aliphatic heterocycles. The number of amides is 1. The van der Waals surface area contributed by atoms with Gasteiger partial charge in [0.25, 0.3) is 5.91 Å². The monoisotopic (exact) mass is 446 g/mol. The van der Waals surface area contributed by atoms with Crippen LogP contribution in [0.15, 0.2) is 16.6 Å². The molecule has 1 amide bonds. The Hall–Kier alpha value is -2.12. The van der Waals surface area contributed by atoms with Crippen LogP contribution in [0.5, 0.6) is 0 Å². The van der Waals surface area contributed by atoms with Gasteiger partial charge in [0.05, 0.1) is 12.2 Å². The van der Waals surface area contributed by atoms with Gasteiger partial charge in [0.1, 0.15) is 16.4 Å². The Bertz CT molecular complexity index is 972. The first kappa shape index (κ1) is 20.2. The molecule has 4 heterocycles. The second-order valence-corrected chi connectivity index (χ2v) is 8.68. The number of amidine groups is 1. The Morgan fingerprint density at radius 3 is 3.03 bits per heavy atom. The molecule has 0 aromatic carbocycles. The minimum Gasteiger partial charge on any atom is -0.379 e. The number of aromatic nitrogens is 3. The summed E-state index contributed by atoms with van der Waals surface area (Å²) in [5.41, 5.74) is 3.40. The number of nitrogens with zero attached hydrogens (tertiary/aromatic N) is 4. The van der Waals surface area contributed by atoms with E-state index in [0.717, 1.165) is 23.1 Å². The highest BCUT2D eigenvalue weighted by molar-refractivity contribution is 8.13. The Balaban J connectivity index is 1.60. The zero-order valence-electron chi connectivity index (χ0n) is 15.2. The van der Waals surface area contributed by atoms with Gasteiger partial charge in [0, 0.05) is 36.9 Å². The van der Waals surface area contributed by atoms with Crippen molar-refractivity contribution in [2.75, 3.05) is 24.3 Å². The van der Waals surface area contributed by atoms with Gasteiger partial charge in [-0.3, -0.25) is 9.48 Å². The summed E-state index contributed by atoms with van der Waals surface area (Å²) in [6.07, 6.45) is -2.91. The molecule has 0 spiro atoms. The number of hydrogen-bond acceptors (Lipinski definition) is 8. The van der Waals surface area contributed by atoms with E-state index in [1.165, 1.54) is 30.1 Å². The molecule has 8 nitrogen and oxygen atoms in total. The normalized spacial score (nSPS) is 24.7. The lowest BCUT2D eigenvalue weighted by atomic mass is 9.82. The fourth-order valence-electron chi connectivity index (χ4n) is 3.43. The van der Waals surface area contributed by atoms with Crippen LogP contribution in [0.1, 0.15) is 27.5 Å². The highest BCUT2D eigenvalue weighted by Gasteiger charge is 2.48.